The van der Waals surface area contributed by atoms with Crippen LogP contribution in [-0.4, -0.2) is 0 Å². The van der Waals surface area contributed by atoms with Crippen molar-refractivity contribution in [3.8, 4) is 11.1 Å². The molecule has 0 nitrogen and oxygen atoms in total. The fraction of sp³-hybridized carbons (Fsp3) is 0.182. The summed E-state index contributed by atoms with van der Waals surface area (Å²) in [5, 5.41) is 0. The third-order valence-corrected chi connectivity index (χ3v) is 5.70. The van der Waals surface area contributed by atoms with Gasteiger partial charge in [0.25, 0.3) is 0 Å². The van der Waals surface area contributed by atoms with Crippen LogP contribution in [0, 0.1) is 13.8 Å². The van der Waals surface area contributed by atoms with Gasteiger partial charge in [-0.1, -0.05) is 70.0 Å². The van der Waals surface area contributed by atoms with E-state index in [4.69, 9.17) is 0 Å². The van der Waals surface area contributed by atoms with Gasteiger partial charge in [0.15, 0.2) is 0 Å². The number of benzene rings is 3. The van der Waals surface area contributed by atoms with E-state index >= 15 is 0 Å². The van der Waals surface area contributed by atoms with E-state index in [-0.39, 0.29) is 5.41 Å². The molecule has 0 fully saturated rings. The molecule has 3 aromatic rings. The van der Waals surface area contributed by atoms with Crippen LogP contribution in [0.3, 0.4) is 0 Å². The molecule has 0 saturated carbocycles. The fourth-order valence-electron chi connectivity index (χ4n) is 4.03. The lowest BCUT2D eigenvalue weighted by Crippen LogP contribution is -2.23. The van der Waals surface area contributed by atoms with Gasteiger partial charge in [0.1, 0.15) is 0 Å². The lowest BCUT2D eigenvalue weighted by atomic mass is 9.72. The van der Waals surface area contributed by atoms with E-state index in [0.29, 0.717) is 0 Å². The Labute approximate surface area is 146 Å². The van der Waals surface area contributed by atoms with E-state index in [1.165, 1.54) is 38.9 Å². The number of fused-ring (bicyclic) bond motifs is 3. The highest BCUT2D eigenvalue weighted by Crippen LogP contribution is 2.53. The molecule has 0 radical (unpaired) electrons. The molecule has 0 N–H and O–H groups in total. The van der Waals surface area contributed by atoms with Crippen LogP contribution < -0.4 is 0 Å². The van der Waals surface area contributed by atoms with E-state index in [1.54, 1.807) is 0 Å². The molecule has 0 amide bonds. The van der Waals surface area contributed by atoms with Crippen LogP contribution in [-0.2, 0) is 5.41 Å². The number of hydrogen-bond acceptors (Lipinski definition) is 0. The summed E-state index contributed by atoms with van der Waals surface area (Å²) in [5.74, 6) is 0. The zero-order valence-corrected chi connectivity index (χ0v) is 15.2. The minimum atomic E-state index is -0.105. The van der Waals surface area contributed by atoms with Crippen molar-refractivity contribution < 1.29 is 0 Å². The van der Waals surface area contributed by atoms with Crippen LogP contribution in [0.1, 0.15) is 34.7 Å². The Balaban J connectivity index is 2.12. The van der Waals surface area contributed by atoms with Crippen molar-refractivity contribution in [3.63, 3.8) is 0 Å². The molecule has 1 atom stereocenters. The SMILES string of the molecule is Cc1ccc(C)c(C2(C)c3ccccc3-c3ccc(Br)cc32)c1. The number of hydrogen-bond donors (Lipinski definition) is 0. The third-order valence-electron chi connectivity index (χ3n) is 5.21. The maximum absolute atomic E-state index is 3.67. The molecule has 1 unspecified atom stereocenters. The maximum Gasteiger partial charge on any atom is 0.0438 e. The average molecular weight is 363 g/mol. The molecule has 1 aliphatic carbocycles. The Bertz CT molecular complexity index is 923. The fourth-order valence-corrected chi connectivity index (χ4v) is 4.39. The molecule has 0 heterocycles. The van der Waals surface area contributed by atoms with Crippen LogP contribution in [0.4, 0.5) is 0 Å². The second-order valence-corrected chi connectivity index (χ2v) is 7.59. The van der Waals surface area contributed by atoms with Gasteiger partial charge in [0, 0.05) is 9.89 Å². The van der Waals surface area contributed by atoms with E-state index < -0.39 is 0 Å². The van der Waals surface area contributed by atoms with Crippen LogP contribution in [0.5, 0.6) is 0 Å². The Kier molecular flexibility index (Phi) is 3.24. The second-order valence-electron chi connectivity index (χ2n) is 6.68. The van der Waals surface area contributed by atoms with Crippen LogP contribution in [0.2, 0.25) is 0 Å². The first-order chi connectivity index (χ1) is 11.0. The highest BCUT2D eigenvalue weighted by Gasteiger charge is 2.41. The van der Waals surface area contributed by atoms with Crippen LogP contribution in [0.15, 0.2) is 65.1 Å². The standard InChI is InChI=1S/C22H19Br/c1-14-8-9-15(2)20(12-14)22(3)19-7-5-4-6-17(19)18-11-10-16(23)13-21(18)22/h4-13H,1-3H3. The van der Waals surface area contributed by atoms with Gasteiger partial charge in [-0.25, -0.2) is 0 Å². The van der Waals surface area contributed by atoms with E-state index in [9.17, 15) is 0 Å². The first-order valence-corrected chi connectivity index (χ1v) is 8.79. The highest BCUT2D eigenvalue weighted by molar-refractivity contribution is 9.10. The minimum absolute atomic E-state index is 0.105. The van der Waals surface area contributed by atoms with Gasteiger partial charge in [-0.3, -0.25) is 0 Å². The Morgan fingerprint density at radius 2 is 1.48 bits per heavy atom. The van der Waals surface area contributed by atoms with Crippen molar-refractivity contribution in [3.05, 3.63) is 93.0 Å². The van der Waals surface area contributed by atoms with E-state index in [2.05, 4.69) is 97.4 Å². The number of rotatable bonds is 1. The molecule has 3 aromatic carbocycles. The molecule has 0 bridgehead atoms. The summed E-state index contributed by atoms with van der Waals surface area (Å²) < 4.78 is 1.14. The van der Waals surface area contributed by atoms with Gasteiger partial charge in [-0.2, -0.15) is 0 Å². The Hall–Kier alpha value is -1.86. The monoisotopic (exact) mass is 362 g/mol. The lowest BCUT2D eigenvalue weighted by Gasteiger charge is -2.30. The summed E-state index contributed by atoms with van der Waals surface area (Å²) in [7, 11) is 0. The first kappa shape index (κ1) is 14.7. The molecule has 0 spiro atoms. The summed E-state index contributed by atoms with van der Waals surface area (Å²) in [4.78, 5) is 0. The van der Waals surface area contributed by atoms with Gasteiger partial charge >= 0.3 is 0 Å². The van der Waals surface area contributed by atoms with Crippen molar-refractivity contribution in [1.82, 2.24) is 0 Å². The molecule has 23 heavy (non-hydrogen) atoms. The summed E-state index contributed by atoms with van der Waals surface area (Å²) in [6.07, 6.45) is 0. The molecule has 0 aliphatic heterocycles. The third kappa shape index (κ3) is 2.03. The molecule has 114 valence electrons. The zero-order valence-electron chi connectivity index (χ0n) is 13.7. The molecule has 0 aromatic heterocycles. The predicted octanol–water partition coefficient (Wildman–Crippen LogP) is 6.40. The quantitative estimate of drug-likeness (QED) is 0.469. The van der Waals surface area contributed by atoms with E-state index in [0.717, 1.165) is 4.47 Å². The second kappa shape index (κ2) is 5.07. The average Bonchev–Trinajstić information content (AvgIpc) is 2.80. The van der Waals surface area contributed by atoms with Gasteiger partial charge in [-0.05, 0) is 66.3 Å². The van der Waals surface area contributed by atoms with Crippen molar-refractivity contribution in [2.75, 3.05) is 0 Å². The van der Waals surface area contributed by atoms with Crippen LogP contribution in [0.25, 0.3) is 11.1 Å². The number of halogens is 1. The first-order valence-electron chi connectivity index (χ1n) is 7.99. The van der Waals surface area contributed by atoms with E-state index in [1.807, 2.05) is 0 Å². The van der Waals surface area contributed by atoms with Gasteiger partial charge in [-0.15, -0.1) is 0 Å². The number of aryl methyl sites for hydroxylation is 2. The predicted molar refractivity (Wildman–Crippen MR) is 101 cm³/mol. The maximum atomic E-state index is 3.67. The molecular weight excluding hydrogens is 344 g/mol. The topological polar surface area (TPSA) is 0 Å². The molecule has 1 aliphatic rings. The lowest BCUT2D eigenvalue weighted by molar-refractivity contribution is 0.706. The molecular formula is C22H19Br. The Morgan fingerprint density at radius 3 is 2.30 bits per heavy atom. The Morgan fingerprint density at radius 1 is 0.739 bits per heavy atom. The van der Waals surface area contributed by atoms with Crippen molar-refractivity contribution >= 4 is 15.9 Å². The normalized spacial score (nSPS) is 18.6. The molecule has 0 saturated heterocycles. The van der Waals surface area contributed by atoms with Crippen LogP contribution >= 0.6 is 15.9 Å². The van der Waals surface area contributed by atoms with Gasteiger partial charge in [0.2, 0.25) is 0 Å². The minimum Gasteiger partial charge on any atom is -0.0619 e. The highest BCUT2D eigenvalue weighted by atomic mass is 79.9. The zero-order chi connectivity index (χ0) is 16.2. The largest absolute Gasteiger partial charge is 0.0619 e. The molecule has 1 heteroatoms. The molecule has 4 rings (SSSR count). The summed E-state index contributed by atoms with van der Waals surface area (Å²) in [6.45, 7) is 6.76. The van der Waals surface area contributed by atoms with Gasteiger partial charge < -0.3 is 0 Å². The summed E-state index contributed by atoms with van der Waals surface area (Å²) in [5.41, 5.74) is 9.47. The van der Waals surface area contributed by atoms with Crippen molar-refractivity contribution in [2.45, 2.75) is 26.2 Å². The smallest absolute Gasteiger partial charge is 0.0438 e. The summed E-state index contributed by atoms with van der Waals surface area (Å²) >= 11 is 3.67. The van der Waals surface area contributed by atoms with Crippen molar-refractivity contribution in [1.29, 1.82) is 0 Å². The summed E-state index contributed by atoms with van der Waals surface area (Å²) in [6, 6.07) is 22.3. The van der Waals surface area contributed by atoms with Gasteiger partial charge in [0.05, 0.1) is 0 Å². The van der Waals surface area contributed by atoms with Crippen molar-refractivity contribution in [2.24, 2.45) is 0 Å².